The van der Waals surface area contributed by atoms with Crippen molar-refractivity contribution in [2.45, 2.75) is 19.3 Å². The Kier molecular flexibility index (Phi) is 11.1. The molecule has 0 unspecified atom stereocenters. The van der Waals surface area contributed by atoms with Crippen LogP contribution in [0.25, 0.3) is 0 Å². The monoisotopic (exact) mass is 177 g/mol. The normalized spacial score (nSPS) is 8.17. The molecule has 0 aromatic rings. The third kappa shape index (κ3) is 23.1. The largest absolute Gasteiger partial charge is 0.481 e. The highest BCUT2D eigenvalue weighted by Crippen LogP contribution is 1.93. The van der Waals surface area contributed by atoms with Gasteiger partial charge in [-0.05, 0) is 20.5 Å². The fourth-order valence-corrected chi connectivity index (χ4v) is 0.391. The van der Waals surface area contributed by atoms with Crippen LogP contribution in [0.15, 0.2) is 0 Å². The standard InChI is InChI=1S/C5H8O4.C2H7N/c6-4(7)2-1-3-5(8)9;1-3-2/h1-3H2,(H,6,7)(H,8,9);3H,1-2H3. The molecular weight excluding hydrogens is 162 g/mol. The van der Waals surface area contributed by atoms with Gasteiger partial charge < -0.3 is 15.5 Å². The van der Waals surface area contributed by atoms with E-state index >= 15 is 0 Å². The molecule has 0 aromatic carbocycles. The molecule has 72 valence electrons. The summed E-state index contributed by atoms with van der Waals surface area (Å²) in [5, 5.41) is 18.8. The summed E-state index contributed by atoms with van der Waals surface area (Å²) in [5.41, 5.74) is 0. The molecule has 0 aliphatic heterocycles. The zero-order valence-corrected chi connectivity index (χ0v) is 7.33. The molecule has 12 heavy (non-hydrogen) atoms. The summed E-state index contributed by atoms with van der Waals surface area (Å²) >= 11 is 0. The van der Waals surface area contributed by atoms with Gasteiger partial charge >= 0.3 is 11.9 Å². The number of carboxylic acid groups (broad SMARTS) is 2. The van der Waals surface area contributed by atoms with E-state index in [-0.39, 0.29) is 19.3 Å². The van der Waals surface area contributed by atoms with Crippen molar-refractivity contribution in [1.29, 1.82) is 0 Å². The summed E-state index contributed by atoms with van der Waals surface area (Å²) in [6, 6.07) is 0. The number of carboxylic acids is 2. The summed E-state index contributed by atoms with van der Waals surface area (Å²) in [4.78, 5) is 19.6. The third-order valence-corrected chi connectivity index (χ3v) is 0.781. The Morgan fingerprint density at radius 3 is 1.50 bits per heavy atom. The first kappa shape index (κ1) is 13.5. The summed E-state index contributed by atoms with van der Waals surface area (Å²) in [6.45, 7) is 0. The van der Waals surface area contributed by atoms with Gasteiger partial charge in [-0.25, -0.2) is 0 Å². The van der Waals surface area contributed by atoms with Crippen molar-refractivity contribution in [3.8, 4) is 0 Å². The molecule has 0 radical (unpaired) electrons. The third-order valence-electron chi connectivity index (χ3n) is 0.781. The lowest BCUT2D eigenvalue weighted by molar-refractivity contribution is -0.138. The minimum Gasteiger partial charge on any atom is -0.481 e. The molecule has 0 heterocycles. The quantitative estimate of drug-likeness (QED) is 0.569. The van der Waals surface area contributed by atoms with E-state index in [4.69, 9.17) is 10.2 Å². The van der Waals surface area contributed by atoms with Gasteiger partial charge in [-0.1, -0.05) is 0 Å². The molecular formula is C7H15NO4. The van der Waals surface area contributed by atoms with Gasteiger partial charge in [0.05, 0.1) is 0 Å². The molecule has 5 nitrogen and oxygen atoms in total. The molecule has 0 aromatic heterocycles. The fraction of sp³-hybridized carbons (Fsp3) is 0.714. The minimum atomic E-state index is -0.948. The van der Waals surface area contributed by atoms with E-state index < -0.39 is 11.9 Å². The van der Waals surface area contributed by atoms with Crippen molar-refractivity contribution in [3.63, 3.8) is 0 Å². The van der Waals surface area contributed by atoms with E-state index in [0.717, 1.165) is 0 Å². The molecule has 0 fully saturated rings. The molecule has 0 saturated heterocycles. The van der Waals surface area contributed by atoms with Crippen molar-refractivity contribution < 1.29 is 19.8 Å². The second-order valence-electron chi connectivity index (χ2n) is 2.14. The van der Waals surface area contributed by atoms with Gasteiger partial charge in [0.25, 0.3) is 0 Å². The van der Waals surface area contributed by atoms with E-state index in [2.05, 4.69) is 5.32 Å². The Morgan fingerprint density at radius 2 is 1.33 bits per heavy atom. The molecule has 0 aliphatic rings. The molecule has 0 bridgehead atoms. The zero-order valence-electron chi connectivity index (χ0n) is 7.33. The van der Waals surface area contributed by atoms with Crippen LogP contribution in [0.4, 0.5) is 0 Å². The fourth-order valence-electron chi connectivity index (χ4n) is 0.391. The molecule has 0 atom stereocenters. The molecule has 0 amide bonds. The molecule has 0 spiro atoms. The highest BCUT2D eigenvalue weighted by atomic mass is 16.4. The van der Waals surface area contributed by atoms with Crippen LogP contribution >= 0.6 is 0 Å². The number of carbonyl (C=O) groups is 2. The Balaban J connectivity index is 0. The van der Waals surface area contributed by atoms with Crippen molar-refractivity contribution in [2.75, 3.05) is 14.1 Å². The lowest BCUT2D eigenvalue weighted by Gasteiger charge is -1.89. The van der Waals surface area contributed by atoms with E-state index in [9.17, 15) is 9.59 Å². The summed E-state index contributed by atoms with van der Waals surface area (Å²) in [6.07, 6.45) is 0.0866. The SMILES string of the molecule is CNC.O=C(O)CCCC(=O)O. The van der Waals surface area contributed by atoms with Crippen LogP contribution < -0.4 is 5.32 Å². The maximum atomic E-state index is 9.79. The number of nitrogens with one attached hydrogen (secondary N) is 1. The lowest BCUT2D eigenvalue weighted by atomic mass is 10.2. The topological polar surface area (TPSA) is 86.6 Å². The lowest BCUT2D eigenvalue weighted by Crippen LogP contribution is -1.98. The van der Waals surface area contributed by atoms with Gasteiger partial charge in [0, 0.05) is 12.8 Å². The molecule has 0 rings (SSSR count). The minimum absolute atomic E-state index is 0.0632. The average Bonchev–Trinajstić information content (AvgIpc) is 1.87. The Bertz CT molecular complexity index is 121. The summed E-state index contributed by atoms with van der Waals surface area (Å²) in [7, 11) is 3.75. The van der Waals surface area contributed by atoms with Crippen LogP contribution in [0, 0.1) is 0 Å². The number of hydrogen-bond donors (Lipinski definition) is 3. The molecule has 0 saturated carbocycles. The summed E-state index contributed by atoms with van der Waals surface area (Å²) in [5.74, 6) is -1.90. The zero-order chi connectivity index (χ0) is 9.98. The first-order chi connectivity index (χ1) is 5.54. The predicted molar refractivity (Wildman–Crippen MR) is 44.1 cm³/mol. The van der Waals surface area contributed by atoms with Gasteiger partial charge in [-0.3, -0.25) is 9.59 Å². The Labute approximate surface area is 71.4 Å². The van der Waals surface area contributed by atoms with Gasteiger partial charge in [0.15, 0.2) is 0 Å². The van der Waals surface area contributed by atoms with Crippen LogP contribution in [0.5, 0.6) is 0 Å². The molecule has 3 N–H and O–H groups in total. The Hall–Kier alpha value is -1.10. The van der Waals surface area contributed by atoms with Crippen LogP contribution in [-0.4, -0.2) is 36.2 Å². The number of aliphatic carboxylic acids is 2. The number of hydrogen-bond acceptors (Lipinski definition) is 3. The Morgan fingerprint density at radius 1 is 1.08 bits per heavy atom. The van der Waals surface area contributed by atoms with E-state index in [0.29, 0.717) is 0 Å². The highest BCUT2D eigenvalue weighted by Gasteiger charge is 1.99. The van der Waals surface area contributed by atoms with Crippen LogP contribution in [0.2, 0.25) is 0 Å². The van der Waals surface area contributed by atoms with Crippen LogP contribution in [-0.2, 0) is 9.59 Å². The van der Waals surface area contributed by atoms with E-state index in [1.54, 1.807) is 0 Å². The summed E-state index contributed by atoms with van der Waals surface area (Å²) < 4.78 is 0. The first-order valence-corrected chi connectivity index (χ1v) is 3.56. The second-order valence-corrected chi connectivity index (χ2v) is 2.14. The van der Waals surface area contributed by atoms with Crippen LogP contribution in [0.1, 0.15) is 19.3 Å². The highest BCUT2D eigenvalue weighted by molar-refractivity contribution is 5.69. The van der Waals surface area contributed by atoms with Crippen molar-refractivity contribution >= 4 is 11.9 Å². The van der Waals surface area contributed by atoms with Gasteiger partial charge in [0.2, 0.25) is 0 Å². The van der Waals surface area contributed by atoms with Gasteiger partial charge in [-0.15, -0.1) is 0 Å². The first-order valence-electron chi connectivity index (χ1n) is 3.56. The van der Waals surface area contributed by atoms with Gasteiger partial charge in [-0.2, -0.15) is 0 Å². The predicted octanol–water partition coefficient (Wildman–Crippen LogP) is 0.161. The molecule has 5 heteroatoms. The van der Waals surface area contributed by atoms with Crippen molar-refractivity contribution in [1.82, 2.24) is 5.32 Å². The van der Waals surface area contributed by atoms with Crippen molar-refractivity contribution in [3.05, 3.63) is 0 Å². The van der Waals surface area contributed by atoms with E-state index in [1.807, 2.05) is 14.1 Å². The maximum Gasteiger partial charge on any atom is 0.303 e. The average molecular weight is 177 g/mol. The van der Waals surface area contributed by atoms with Gasteiger partial charge in [0.1, 0.15) is 0 Å². The van der Waals surface area contributed by atoms with Crippen LogP contribution in [0.3, 0.4) is 0 Å². The molecule has 0 aliphatic carbocycles. The maximum absolute atomic E-state index is 9.79. The second kappa shape index (κ2) is 9.90. The number of rotatable bonds is 4. The van der Waals surface area contributed by atoms with Crippen molar-refractivity contribution in [2.24, 2.45) is 0 Å². The smallest absolute Gasteiger partial charge is 0.303 e. The van der Waals surface area contributed by atoms with E-state index in [1.165, 1.54) is 0 Å².